The number of anilines is 2. The number of rotatable bonds is 6. The second-order valence-corrected chi connectivity index (χ2v) is 11.4. The smallest absolute Gasteiger partial charge is 0.321 e. The fourth-order valence-corrected chi connectivity index (χ4v) is 5.55. The van der Waals surface area contributed by atoms with Crippen molar-refractivity contribution in [2.24, 2.45) is 5.92 Å². The molecule has 0 saturated carbocycles. The molecule has 3 saturated heterocycles. The van der Waals surface area contributed by atoms with E-state index < -0.39 is 11.4 Å². The standard InChI is InChI=1S/C30H38FN5O4/c1-20-15-25(31)26(34-29(37)36-8-5-22(19-36)30(2,3)32-4)17-24(20)21-16-27(35-9-13-39-14-10-35)28(33-18-21)40-23-6-11-38-12-7-23/h15-18,22-23H,5-14,19H2,1-3H3,(H,34,37). The molecule has 214 valence electrons. The molecule has 3 fully saturated rings. The molecule has 2 aromatic rings. The summed E-state index contributed by atoms with van der Waals surface area (Å²) < 4.78 is 32.4. The number of amides is 2. The number of aromatic nitrogens is 1. The van der Waals surface area contributed by atoms with Crippen molar-refractivity contribution in [3.63, 3.8) is 0 Å². The zero-order chi connectivity index (χ0) is 28.3. The summed E-state index contributed by atoms with van der Waals surface area (Å²) in [6.07, 6.45) is 4.19. The topological polar surface area (TPSA) is 80.5 Å². The Morgan fingerprint density at radius 1 is 1.12 bits per heavy atom. The van der Waals surface area contributed by atoms with Crippen LogP contribution in [0.25, 0.3) is 16.0 Å². The van der Waals surface area contributed by atoms with Gasteiger partial charge in [-0.3, -0.25) is 0 Å². The Kier molecular flexibility index (Phi) is 8.43. The molecular weight excluding hydrogens is 513 g/mol. The third-order valence-electron chi connectivity index (χ3n) is 8.26. The number of likely N-dealkylation sites (tertiary alicyclic amines) is 1. The highest BCUT2D eigenvalue weighted by Gasteiger charge is 2.41. The highest BCUT2D eigenvalue weighted by atomic mass is 19.1. The zero-order valence-electron chi connectivity index (χ0n) is 23.5. The van der Waals surface area contributed by atoms with E-state index in [1.807, 2.05) is 26.8 Å². The molecule has 40 heavy (non-hydrogen) atoms. The normalized spacial score (nSPS) is 20.3. The van der Waals surface area contributed by atoms with Gasteiger partial charge in [0.1, 0.15) is 17.6 Å². The van der Waals surface area contributed by atoms with Crippen molar-refractivity contribution in [3.8, 4) is 17.0 Å². The summed E-state index contributed by atoms with van der Waals surface area (Å²) >= 11 is 0. The lowest BCUT2D eigenvalue weighted by Crippen LogP contribution is -2.37. The molecule has 9 nitrogen and oxygen atoms in total. The van der Waals surface area contributed by atoms with Crippen LogP contribution in [0.15, 0.2) is 24.4 Å². The van der Waals surface area contributed by atoms with Gasteiger partial charge in [-0.05, 0) is 42.7 Å². The molecule has 1 atom stereocenters. The van der Waals surface area contributed by atoms with Gasteiger partial charge >= 0.3 is 6.03 Å². The van der Waals surface area contributed by atoms with Crippen LogP contribution in [0.1, 0.15) is 38.7 Å². The molecule has 0 spiro atoms. The molecule has 0 radical (unpaired) electrons. The Bertz CT molecular complexity index is 1270. The molecule has 0 aliphatic carbocycles. The summed E-state index contributed by atoms with van der Waals surface area (Å²) in [6, 6.07) is 4.80. The van der Waals surface area contributed by atoms with E-state index in [0.29, 0.717) is 45.4 Å². The van der Waals surface area contributed by atoms with Gasteiger partial charge in [0.05, 0.1) is 38.0 Å². The Morgan fingerprint density at radius 2 is 1.85 bits per heavy atom. The van der Waals surface area contributed by atoms with Gasteiger partial charge in [0, 0.05) is 64.6 Å². The highest BCUT2D eigenvalue weighted by molar-refractivity contribution is 5.91. The van der Waals surface area contributed by atoms with Crippen LogP contribution in [-0.4, -0.2) is 80.2 Å². The largest absolute Gasteiger partial charge is 0.473 e. The van der Waals surface area contributed by atoms with Gasteiger partial charge in [0.25, 0.3) is 0 Å². The number of nitrogens with one attached hydrogen (secondary N) is 1. The quantitative estimate of drug-likeness (QED) is 0.501. The third-order valence-corrected chi connectivity index (χ3v) is 8.26. The lowest BCUT2D eigenvalue weighted by molar-refractivity contribution is 0.0238. The molecule has 0 bridgehead atoms. The number of ether oxygens (including phenoxy) is 3. The van der Waals surface area contributed by atoms with Crippen LogP contribution in [0, 0.1) is 25.2 Å². The molecule has 3 aliphatic heterocycles. The summed E-state index contributed by atoms with van der Waals surface area (Å²) in [4.78, 5) is 25.4. The van der Waals surface area contributed by atoms with Crippen LogP contribution in [-0.2, 0) is 9.47 Å². The van der Waals surface area contributed by atoms with Crippen LogP contribution >= 0.6 is 0 Å². The number of hydrogen-bond acceptors (Lipinski definition) is 6. The number of carbonyl (C=O) groups excluding carboxylic acids is 1. The highest BCUT2D eigenvalue weighted by Crippen LogP contribution is 2.36. The van der Waals surface area contributed by atoms with Crippen molar-refractivity contribution in [3.05, 3.63) is 47.2 Å². The number of halogens is 1. The van der Waals surface area contributed by atoms with E-state index in [2.05, 4.69) is 15.1 Å². The summed E-state index contributed by atoms with van der Waals surface area (Å²) in [5.74, 6) is 0.171. The maximum absolute atomic E-state index is 15.1. The monoisotopic (exact) mass is 551 g/mol. The van der Waals surface area contributed by atoms with Gasteiger partial charge in [-0.2, -0.15) is 0 Å². The fraction of sp³-hybridized carbons (Fsp3) is 0.567. The van der Waals surface area contributed by atoms with Crippen molar-refractivity contribution < 1.29 is 23.4 Å². The summed E-state index contributed by atoms with van der Waals surface area (Å²) in [6.45, 7) is 18.2. The van der Waals surface area contributed by atoms with Crippen molar-refractivity contribution in [1.29, 1.82) is 0 Å². The number of benzene rings is 1. The minimum absolute atomic E-state index is 0.0480. The van der Waals surface area contributed by atoms with Crippen LogP contribution in [0.5, 0.6) is 5.88 Å². The van der Waals surface area contributed by atoms with Crippen molar-refractivity contribution >= 4 is 17.4 Å². The van der Waals surface area contributed by atoms with Gasteiger partial charge < -0.3 is 34.2 Å². The van der Waals surface area contributed by atoms with Crippen LogP contribution in [0.4, 0.5) is 20.6 Å². The first-order valence-electron chi connectivity index (χ1n) is 14.1. The Morgan fingerprint density at radius 3 is 2.58 bits per heavy atom. The minimum Gasteiger partial charge on any atom is -0.473 e. The van der Waals surface area contributed by atoms with Gasteiger partial charge in [0.2, 0.25) is 11.4 Å². The zero-order valence-corrected chi connectivity index (χ0v) is 23.5. The molecule has 1 unspecified atom stereocenters. The van der Waals surface area contributed by atoms with E-state index in [0.717, 1.165) is 54.7 Å². The first-order chi connectivity index (χ1) is 19.2. The molecule has 1 aromatic heterocycles. The van der Waals surface area contributed by atoms with E-state index in [9.17, 15) is 4.79 Å². The predicted molar refractivity (Wildman–Crippen MR) is 151 cm³/mol. The Balaban J connectivity index is 1.39. The number of aryl methyl sites for hydroxylation is 1. The molecule has 10 heteroatoms. The van der Waals surface area contributed by atoms with Crippen molar-refractivity contribution in [1.82, 2.24) is 9.88 Å². The maximum atomic E-state index is 15.1. The van der Waals surface area contributed by atoms with Gasteiger partial charge in [-0.15, -0.1) is 0 Å². The van der Waals surface area contributed by atoms with E-state index in [4.69, 9.17) is 25.8 Å². The third kappa shape index (κ3) is 6.16. The van der Waals surface area contributed by atoms with E-state index in [1.165, 1.54) is 6.07 Å². The van der Waals surface area contributed by atoms with Gasteiger partial charge in [0.15, 0.2) is 0 Å². The number of pyridine rings is 1. The summed E-state index contributed by atoms with van der Waals surface area (Å²) in [7, 11) is 0. The number of carbonyl (C=O) groups is 1. The molecule has 2 amide bonds. The van der Waals surface area contributed by atoms with Crippen LogP contribution in [0.3, 0.4) is 0 Å². The lowest BCUT2D eigenvalue weighted by Gasteiger charge is -2.31. The van der Waals surface area contributed by atoms with Crippen LogP contribution in [0.2, 0.25) is 0 Å². The second kappa shape index (κ2) is 12.0. The van der Waals surface area contributed by atoms with Crippen LogP contribution < -0.4 is 15.0 Å². The Labute approximate surface area is 235 Å². The van der Waals surface area contributed by atoms with Gasteiger partial charge in [-0.1, -0.05) is 0 Å². The number of morpholine rings is 1. The molecule has 4 heterocycles. The minimum atomic E-state index is -0.539. The van der Waals surface area contributed by atoms with Crippen molar-refractivity contribution in [2.45, 2.75) is 51.7 Å². The molecule has 3 aliphatic rings. The second-order valence-electron chi connectivity index (χ2n) is 11.4. The average Bonchev–Trinajstić information content (AvgIpc) is 3.48. The average molecular weight is 552 g/mol. The predicted octanol–water partition coefficient (Wildman–Crippen LogP) is 5.14. The van der Waals surface area contributed by atoms with E-state index in [1.54, 1.807) is 17.2 Å². The lowest BCUT2D eigenvalue weighted by atomic mass is 9.88. The summed E-state index contributed by atoms with van der Waals surface area (Å²) in [5, 5.41) is 2.77. The van der Waals surface area contributed by atoms with Crippen molar-refractivity contribution in [2.75, 3.05) is 62.8 Å². The Hall–Kier alpha value is -3.42. The number of urea groups is 1. The number of hydrogen-bond donors (Lipinski definition) is 1. The first-order valence-corrected chi connectivity index (χ1v) is 14.1. The fourth-order valence-electron chi connectivity index (χ4n) is 5.55. The summed E-state index contributed by atoms with van der Waals surface area (Å²) in [5.41, 5.74) is 2.80. The van der Waals surface area contributed by atoms with E-state index in [-0.39, 0.29) is 23.7 Å². The molecule has 1 aromatic carbocycles. The molecule has 5 rings (SSSR count). The van der Waals surface area contributed by atoms with Gasteiger partial charge in [-0.25, -0.2) is 20.7 Å². The maximum Gasteiger partial charge on any atom is 0.321 e. The molecule has 1 N–H and O–H groups in total. The SMILES string of the molecule is [C-]#[N+]C(C)(C)C1CCN(C(=O)Nc2cc(-c3cnc(OC4CCOCC4)c(N4CCOCC4)c3)c(C)cc2F)C1. The first kappa shape index (κ1) is 28.1. The number of nitrogens with zero attached hydrogens (tertiary/aromatic N) is 4. The van der Waals surface area contributed by atoms with E-state index >= 15 is 4.39 Å². The molecular formula is C30H38FN5O4.